The first-order valence-electron chi connectivity index (χ1n) is 9.18. The van der Waals surface area contributed by atoms with Crippen LogP contribution in [0.5, 0.6) is 0 Å². The number of rotatable bonds is 1. The van der Waals surface area contributed by atoms with Crippen molar-refractivity contribution in [3.8, 4) is 0 Å². The Morgan fingerprint density at radius 1 is 1.18 bits per heavy atom. The number of hydrogen-bond donors (Lipinski definition) is 4. The molecule has 0 aromatic carbocycles. The summed E-state index contributed by atoms with van der Waals surface area (Å²) < 4.78 is 16.6. The number of aliphatic hydroxyl groups excluding tert-OH is 2. The van der Waals surface area contributed by atoms with Gasteiger partial charge in [-0.25, -0.2) is 9.59 Å². The molecule has 0 aromatic rings. The van der Waals surface area contributed by atoms with Gasteiger partial charge in [-0.1, -0.05) is 13.5 Å². The fourth-order valence-corrected chi connectivity index (χ4v) is 6.75. The van der Waals surface area contributed by atoms with Crippen molar-refractivity contribution in [2.45, 2.75) is 56.1 Å². The summed E-state index contributed by atoms with van der Waals surface area (Å²) in [4.78, 5) is 24.2. The summed E-state index contributed by atoms with van der Waals surface area (Å²) >= 11 is 0. The molecule has 3 heterocycles. The summed E-state index contributed by atoms with van der Waals surface area (Å²) in [6, 6.07) is 0. The first kappa shape index (κ1) is 18.3. The van der Waals surface area contributed by atoms with Crippen LogP contribution in [-0.4, -0.2) is 74.8 Å². The van der Waals surface area contributed by atoms with Crippen molar-refractivity contribution in [3.05, 3.63) is 23.8 Å². The molecule has 5 rings (SSSR count). The van der Waals surface area contributed by atoms with Crippen LogP contribution in [-0.2, 0) is 23.8 Å². The van der Waals surface area contributed by atoms with Gasteiger partial charge in [0.25, 0.3) is 0 Å². The van der Waals surface area contributed by atoms with Gasteiger partial charge in [-0.05, 0) is 24.5 Å². The summed E-state index contributed by atoms with van der Waals surface area (Å²) in [5, 5.41) is 44.4. The SMILES string of the molecule is C=C1C(O)C2(O)OCC34C(CC(C)(C5OC(=O)C=C5C)C23)OC(=O)C(O)C14O. The molecule has 0 aromatic heterocycles. The zero-order valence-electron chi connectivity index (χ0n) is 15.4. The molecule has 9 nitrogen and oxygen atoms in total. The minimum absolute atomic E-state index is 0.132. The lowest BCUT2D eigenvalue weighted by molar-refractivity contribution is -0.294. The van der Waals surface area contributed by atoms with E-state index in [0.29, 0.717) is 5.57 Å². The van der Waals surface area contributed by atoms with Crippen LogP contribution in [0, 0.1) is 16.7 Å². The number of aliphatic hydroxyl groups is 4. The molecule has 9 heteroatoms. The predicted octanol–water partition coefficient (Wildman–Crippen LogP) is -1.46. The molecule has 2 aliphatic carbocycles. The van der Waals surface area contributed by atoms with E-state index < -0.39 is 64.5 Å². The van der Waals surface area contributed by atoms with E-state index in [2.05, 4.69) is 6.58 Å². The Hall–Kier alpha value is -1.78. The number of carbonyl (C=O) groups excluding carboxylic acids is 2. The van der Waals surface area contributed by atoms with Crippen LogP contribution in [0.1, 0.15) is 20.3 Å². The second-order valence-corrected chi connectivity index (χ2v) is 8.95. The third-order valence-corrected chi connectivity index (χ3v) is 7.72. The van der Waals surface area contributed by atoms with Crippen molar-refractivity contribution in [2.24, 2.45) is 16.7 Å². The van der Waals surface area contributed by atoms with Crippen molar-refractivity contribution in [2.75, 3.05) is 6.61 Å². The van der Waals surface area contributed by atoms with Gasteiger partial charge in [0.15, 0.2) is 6.10 Å². The van der Waals surface area contributed by atoms with E-state index in [0.717, 1.165) is 0 Å². The molecule has 4 fully saturated rings. The first-order chi connectivity index (χ1) is 12.9. The Bertz CT molecular complexity index is 865. The Balaban J connectivity index is 1.77. The van der Waals surface area contributed by atoms with Crippen LogP contribution in [0.15, 0.2) is 23.8 Å². The Morgan fingerprint density at radius 3 is 2.46 bits per heavy atom. The number of esters is 2. The maximum absolute atomic E-state index is 12.3. The molecule has 5 aliphatic rings. The minimum atomic E-state index is -2.27. The summed E-state index contributed by atoms with van der Waals surface area (Å²) in [5.41, 5.74) is -4.45. The van der Waals surface area contributed by atoms with Gasteiger partial charge in [0.2, 0.25) is 5.79 Å². The lowest BCUT2D eigenvalue weighted by Gasteiger charge is -2.59. The highest BCUT2D eigenvalue weighted by Gasteiger charge is 2.88. The molecule has 0 amide bonds. The van der Waals surface area contributed by atoms with Gasteiger partial charge >= 0.3 is 11.9 Å². The fourth-order valence-electron chi connectivity index (χ4n) is 6.75. The largest absolute Gasteiger partial charge is 0.460 e. The average Bonchev–Trinajstić information content (AvgIpc) is 3.22. The molecule has 9 atom stereocenters. The normalized spacial score (nSPS) is 57.0. The second-order valence-electron chi connectivity index (χ2n) is 8.95. The van der Waals surface area contributed by atoms with Crippen molar-refractivity contribution in [3.63, 3.8) is 0 Å². The van der Waals surface area contributed by atoms with Crippen molar-refractivity contribution in [1.29, 1.82) is 0 Å². The van der Waals surface area contributed by atoms with Gasteiger partial charge in [-0.2, -0.15) is 0 Å². The maximum Gasteiger partial charge on any atom is 0.338 e. The van der Waals surface area contributed by atoms with Crippen LogP contribution in [0.2, 0.25) is 0 Å². The molecule has 28 heavy (non-hydrogen) atoms. The van der Waals surface area contributed by atoms with E-state index in [1.807, 2.05) is 0 Å². The van der Waals surface area contributed by atoms with Crippen LogP contribution in [0.4, 0.5) is 0 Å². The number of cyclic esters (lactones) is 1. The van der Waals surface area contributed by atoms with E-state index in [1.165, 1.54) is 6.08 Å². The predicted molar refractivity (Wildman–Crippen MR) is 89.2 cm³/mol. The molecule has 9 unspecified atom stereocenters. The molecular weight excluding hydrogens is 372 g/mol. The third kappa shape index (κ3) is 1.57. The first-order valence-corrected chi connectivity index (χ1v) is 9.18. The summed E-state index contributed by atoms with van der Waals surface area (Å²) in [5.74, 6) is -4.73. The van der Waals surface area contributed by atoms with Crippen LogP contribution >= 0.6 is 0 Å². The van der Waals surface area contributed by atoms with Crippen LogP contribution < -0.4 is 0 Å². The Kier molecular flexibility index (Phi) is 3.16. The monoisotopic (exact) mass is 394 g/mol. The Labute approximate surface area is 160 Å². The molecule has 2 bridgehead atoms. The highest BCUT2D eigenvalue weighted by molar-refractivity contribution is 5.86. The standard InChI is InChI=1S/C19H22O9/c1-7-4-10(20)28-13(7)16(3)5-9-17-6-26-19(25,15(16)17)11(21)8(2)18(17,24)12(22)14(23)27-9/h4,9,11-13,15,21-22,24-25H,2,5-6H2,1,3H3. The lowest BCUT2D eigenvalue weighted by atomic mass is 9.49. The topological polar surface area (TPSA) is 143 Å². The fraction of sp³-hybridized carbons (Fsp3) is 0.684. The summed E-state index contributed by atoms with van der Waals surface area (Å²) in [6.45, 7) is 6.85. The zero-order valence-corrected chi connectivity index (χ0v) is 15.4. The van der Waals surface area contributed by atoms with Crippen LogP contribution in [0.25, 0.3) is 0 Å². The van der Waals surface area contributed by atoms with Gasteiger partial charge in [0.05, 0.1) is 12.0 Å². The highest BCUT2D eigenvalue weighted by atomic mass is 16.7. The number of ether oxygens (including phenoxy) is 3. The van der Waals surface area contributed by atoms with E-state index in [-0.39, 0.29) is 18.6 Å². The van der Waals surface area contributed by atoms with E-state index >= 15 is 0 Å². The molecule has 2 saturated carbocycles. The molecule has 152 valence electrons. The highest BCUT2D eigenvalue weighted by Crippen LogP contribution is 2.75. The molecule has 4 N–H and O–H groups in total. The van der Waals surface area contributed by atoms with Gasteiger partial charge < -0.3 is 34.6 Å². The van der Waals surface area contributed by atoms with Gasteiger partial charge in [0, 0.05) is 17.4 Å². The number of carbonyl (C=O) groups is 2. The average molecular weight is 394 g/mol. The molecule has 0 radical (unpaired) electrons. The summed E-state index contributed by atoms with van der Waals surface area (Å²) in [7, 11) is 0. The Morgan fingerprint density at radius 2 is 1.86 bits per heavy atom. The lowest BCUT2D eigenvalue weighted by Crippen LogP contribution is -2.76. The number of hydrogen-bond acceptors (Lipinski definition) is 9. The van der Waals surface area contributed by atoms with E-state index in [1.54, 1.807) is 13.8 Å². The second kappa shape index (κ2) is 4.85. The smallest absolute Gasteiger partial charge is 0.338 e. The maximum atomic E-state index is 12.3. The quantitative estimate of drug-likeness (QED) is 0.310. The molecule has 2 saturated heterocycles. The molecule has 3 aliphatic heterocycles. The van der Waals surface area contributed by atoms with E-state index in [9.17, 15) is 30.0 Å². The van der Waals surface area contributed by atoms with Gasteiger partial charge in [-0.15, -0.1) is 0 Å². The third-order valence-electron chi connectivity index (χ3n) is 7.72. The summed E-state index contributed by atoms with van der Waals surface area (Å²) in [6.07, 6.45) is -4.00. The van der Waals surface area contributed by atoms with Gasteiger partial charge in [-0.3, -0.25) is 0 Å². The molecular formula is C19H22O9. The molecule has 1 spiro atoms. The van der Waals surface area contributed by atoms with Crippen LogP contribution in [0.3, 0.4) is 0 Å². The van der Waals surface area contributed by atoms with Crippen molar-refractivity contribution >= 4 is 11.9 Å². The zero-order chi connectivity index (χ0) is 20.4. The van der Waals surface area contributed by atoms with E-state index in [4.69, 9.17) is 14.2 Å². The van der Waals surface area contributed by atoms with Crippen molar-refractivity contribution in [1.82, 2.24) is 0 Å². The van der Waals surface area contributed by atoms with Crippen molar-refractivity contribution < 1.29 is 44.2 Å². The minimum Gasteiger partial charge on any atom is -0.460 e. The van der Waals surface area contributed by atoms with Gasteiger partial charge in [0.1, 0.15) is 23.9 Å².